The number of carbonyl (C=O) groups is 2. The molecule has 1 aliphatic heterocycles. The van der Waals surface area contributed by atoms with Gasteiger partial charge in [0.25, 0.3) is 0 Å². The summed E-state index contributed by atoms with van der Waals surface area (Å²) in [6.45, 7) is 2.48. The summed E-state index contributed by atoms with van der Waals surface area (Å²) >= 11 is 6.04. The number of sulfone groups is 2. The van der Waals surface area contributed by atoms with Gasteiger partial charge in [-0.05, 0) is 54.1 Å². The zero-order valence-electron chi connectivity index (χ0n) is 23.7. The summed E-state index contributed by atoms with van der Waals surface area (Å²) in [6, 6.07) is 14.6. The maximum atomic E-state index is 13.5. The summed E-state index contributed by atoms with van der Waals surface area (Å²) < 4.78 is 51.5. The average molecular weight is 646 g/mol. The molecule has 0 aliphatic carbocycles. The number of pyridine rings is 1. The highest BCUT2D eigenvalue weighted by Gasteiger charge is 2.36. The minimum absolute atomic E-state index is 0.0960. The number of aryl methyl sites for hydroxylation is 1. The molecule has 5 rings (SSSR count). The van der Waals surface area contributed by atoms with Gasteiger partial charge in [-0.3, -0.25) is 14.0 Å². The molecule has 2 amide bonds. The summed E-state index contributed by atoms with van der Waals surface area (Å²) in [4.78, 5) is 34.8. The van der Waals surface area contributed by atoms with E-state index in [1.165, 1.54) is 11.0 Å². The van der Waals surface area contributed by atoms with Crippen molar-refractivity contribution in [3.8, 4) is 0 Å². The maximum absolute atomic E-state index is 13.5. The fourth-order valence-corrected chi connectivity index (χ4v) is 7.15. The number of nitrogens with one attached hydrogen (secondary N) is 1. The Hall–Kier alpha value is -3.68. The predicted molar refractivity (Wildman–Crippen MR) is 166 cm³/mol. The van der Waals surface area contributed by atoms with Crippen LogP contribution in [0.4, 0.5) is 5.82 Å². The molecular formula is C29H32ClN5O6S2. The Labute approximate surface area is 255 Å². The van der Waals surface area contributed by atoms with Crippen LogP contribution in [0.5, 0.6) is 0 Å². The highest BCUT2D eigenvalue weighted by molar-refractivity contribution is 7.91. The number of aromatic nitrogens is 2. The molecule has 4 aromatic rings. The molecule has 1 N–H and O–H groups in total. The first kappa shape index (κ1) is 30.8. The molecule has 43 heavy (non-hydrogen) atoms. The number of hydrogen-bond donors (Lipinski definition) is 1. The van der Waals surface area contributed by atoms with Gasteiger partial charge in [0.1, 0.15) is 27.3 Å². The molecule has 2 aromatic carbocycles. The van der Waals surface area contributed by atoms with Crippen LogP contribution in [0.2, 0.25) is 5.02 Å². The van der Waals surface area contributed by atoms with E-state index in [2.05, 4.69) is 10.3 Å². The lowest BCUT2D eigenvalue weighted by atomic mass is 10.1. The van der Waals surface area contributed by atoms with Crippen molar-refractivity contribution in [1.29, 1.82) is 0 Å². The Kier molecular flexibility index (Phi) is 8.68. The van der Waals surface area contributed by atoms with Crippen LogP contribution in [0.1, 0.15) is 12.1 Å². The van der Waals surface area contributed by atoms with Crippen molar-refractivity contribution >= 4 is 65.3 Å². The fourth-order valence-electron chi connectivity index (χ4n) is 5.24. The highest BCUT2D eigenvalue weighted by Crippen LogP contribution is 2.25. The van der Waals surface area contributed by atoms with Gasteiger partial charge in [-0.15, -0.1) is 0 Å². The summed E-state index contributed by atoms with van der Waals surface area (Å²) in [5.41, 5.74) is 1.57. The maximum Gasteiger partial charge on any atom is 0.244 e. The normalized spacial score (nSPS) is 16.1. The molecule has 14 heteroatoms. The van der Waals surface area contributed by atoms with Gasteiger partial charge in [-0.1, -0.05) is 29.8 Å². The number of nitrogens with zero attached hydrogens (tertiary/aromatic N) is 4. The Morgan fingerprint density at radius 2 is 1.74 bits per heavy atom. The molecule has 228 valence electrons. The average Bonchev–Trinajstić information content (AvgIpc) is 3.35. The number of benzene rings is 2. The second-order valence-corrected chi connectivity index (χ2v) is 15.5. The number of hydrogen-bond acceptors (Lipinski definition) is 8. The van der Waals surface area contributed by atoms with E-state index in [4.69, 9.17) is 11.6 Å². The zero-order valence-corrected chi connectivity index (χ0v) is 26.1. The van der Waals surface area contributed by atoms with Gasteiger partial charge < -0.3 is 15.1 Å². The molecule has 1 fully saturated rings. The number of rotatable bonds is 9. The number of amides is 2. The van der Waals surface area contributed by atoms with E-state index in [1.54, 1.807) is 30.3 Å². The van der Waals surface area contributed by atoms with E-state index in [0.717, 1.165) is 28.8 Å². The first-order chi connectivity index (χ1) is 20.3. The van der Waals surface area contributed by atoms with Crippen LogP contribution in [0.25, 0.3) is 16.4 Å². The summed E-state index contributed by atoms with van der Waals surface area (Å²) in [7, 11) is -7.12. The minimum atomic E-state index is -3.81. The second kappa shape index (κ2) is 12.1. The first-order valence-electron chi connectivity index (χ1n) is 13.7. The van der Waals surface area contributed by atoms with Crippen LogP contribution >= 0.6 is 11.6 Å². The first-order valence-corrected chi connectivity index (χ1v) is 17.8. The third-order valence-electron chi connectivity index (χ3n) is 7.41. The summed E-state index contributed by atoms with van der Waals surface area (Å²) in [6.07, 6.45) is 2.65. The lowest BCUT2D eigenvalue weighted by Crippen LogP contribution is -2.61. The van der Waals surface area contributed by atoms with Crippen LogP contribution in [0, 0.1) is 6.92 Å². The zero-order chi connectivity index (χ0) is 30.9. The standard InChI is InChI=1S/C29H32ClN5O6S2/c1-20-18-35-26(32-20)4-3-5-27(35)33-12-13-34(25(19-33)29(37)31-11-15-42(2,38)39)28(36)10-14-43(40,41)24-9-7-21-16-23(30)8-6-22(21)17-24/h3-9,16-18,25H,10-15,19H2,1-2H3,(H,31,37). The number of anilines is 1. The predicted octanol–water partition coefficient (Wildman–Crippen LogP) is 2.49. The summed E-state index contributed by atoms with van der Waals surface area (Å²) in [5, 5.41) is 4.69. The highest BCUT2D eigenvalue weighted by atomic mass is 35.5. The molecule has 1 aliphatic rings. The Morgan fingerprint density at radius 3 is 2.51 bits per heavy atom. The van der Waals surface area contributed by atoms with Crippen molar-refractivity contribution in [1.82, 2.24) is 19.6 Å². The molecule has 11 nitrogen and oxygen atoms in total. The van der Waals surface area contributed by atoms with Gasteiger partial charge in [-0.25, -0.2) is 21.8 Å². The molecule has 0 bridgehead atoms. The molecule has 3 heterocycles. The van der Waals surface area contributed by atoms with Crippen molar-refractivity contribution < 1.29 is 26.4 Å². The molecular weight excluding hydrogens is 614 g/mol. The smallest absolute Gasteiger partial charge is 0.244 e. The minimum Gasteiger partial charge on any atom is -0.353 e. The second-order valence-electron chi connectivity index (χ2n) is 10.7. The van der Waals surface area contributed by atoms with Crippen molar-refractivity contribution in [2.45, 2.75) is 24.3 Å². The van der Waals surface area contributed by atoms with Gasteiger partial charge in [0.15, 0.2) is 9.84 Å². The molecule has 0 saturated carbocycles. The van der Waals surface area contributed by atoms with E-state index in [-0.39, 0.29) is 36.7 Å². The van der Waals surface area contributed by atoms with Crippen molar-refractivity contribution in [2.24, 2.45) is 0 Å². The van der Waals surface area contributed by atoms with E-state index >= 15 is 0 Å². The molecule has 1 saturated heterocycles. The topological polar surface area (TPSA) is 138 Å². The Bertz CT molecular complexity index is 1930. The van der Waals surface area contributed by atoms with Crippen LogP contribution in [0.3, 0.4) is 0 Å². The number of piperazine rings is 1. The molecule has 2 aromatic heterocycles. The molecule has 0 radical (unpaired) electrons. The Morgan fingerprint density at radius 1 is 1.00 bits per heavy atom. The van der Waals surface area contributed by atoms with Crippen LogP contribution in [-0.4, -0.2) is 92.9 Å². The lowest BCUT2D eigenvalue weighted by molar-refractivity contribution is -0.140. The SMILES string of the molecule is Cc1cn2c(N3CCN(C(=O)CCS(=O)(=O)c4ccc5cc(Cl)ccc5c4)C(C(=O)NCCS(C)(=O)=O)C3)cccc2n1. The number of imidazole rings is 1. The van der Waals surface area contributed by atoms with Crippen molar-refractivity contribution in [3.63, 3.8) is 0 Å². The monoisotopic (exact) mass is 645 g/mol. The van der Waals surface area contributed by atoms with Crippen molar-refractivity contribution in [3.05, 3.63) is 71.5 Å². The van der Waals surface area contributed by atoms with E-state index in [9.17, 15) is 26.4 Å². The third kappa shape index (κ3) is 7.11. The molecule has 1 atom stereocenters. The fraction of sp³-hybridized carbons (Fsp3) is 0.345. The van der Waals surface area contributed by atoms with Gasteiger partial charge in [0.2, 0.25) is 11.8 Å². The quantitative estimate of drug-likeness (QED) is 0.293. The van der Waals surface area contributed by atoms with E-state index < -0.39 is 43.3 Å². The van der Waals surface area contributed by atoms with E-state index in [1.807, 2.05) is 40.6 Å². The lowest BCUT2D eigenvalue weighted by Gasteiger charge is -2.41. The van der Waals surface area contributed by atoms with Crippen LogP contribution in [0.15, 0.2) is 65.7 Å². The molecule has 0 spiro atoms. The summed E-state index contributed by atoms with van der Waals surface area (Å²) in [5.74, 6) is -0.865. The number of fused-ring (bicyclic) bond motifs is 2. The van der Waals surface area contributed by atoms with Crippen LogP contribution in [-0.2, 0) is 29.3 Å². The van der Waals surface area contributed by atoms with Crippen molar-refractivity contribution in [2.75, 3.05) is 48.8 Å². The van der Waals surface area contributed by atoms with Gasteiger partial charge >= 0.3 is 0 Å². The van der Waals surface area contributed by atoms with E-state index in [0.29, 0.717) is 17.0 Å². The van der Waals surface area contributed by atoms with Gasteiger partial charge in [0, 0.05) is 50.1 Å². The Balaban J connectivity index is 1.34. The number of halogens is 1. The van der Waals surface area contributed by atoms with Gasteiger partial charge in [0.05, 0.1) is 22.1 Å². The largest absolute Gasteiger partial charge is 0.353 e. The third-order valence-corrected chi connectivity index (χ3v) is 10.3. The molecule has 1 unspecified atom stereocenters. The van der Waals surface area contributed by atoms with Gasteiger partial charge in [-0.2, -0.15) is 0 Å². The number of carbonyl (C=O) groups excluding carboxylic acids is 2. The van der Waals surface area contributed by atoms with Crippen LogP contribution < -0.4 is 10.2 Å².